The first-order valence-electron chi connectivity index (χ1n) is 7.76. The van der Waals surface area contributed by atoms with Gasteiger partial charge >= 0.3 is 0 Å². The van der Waals surface area contributed by atoms with E-state index >= 15 is 0 Å². The molecule has 4 heterocycles. The Hall–Kier alpha value is -2.32. The van der Waals surface area contributed by atoms with Gasteiger partial charge in [-0.1, -0.05) is 6.07 Å². The van der Waals surface area contributed by atoms with E-state index in [1.165, 1.54) is 10.6 Å². The van der Waals surface area contributed by atoms with Crippen molar-refractivity contribution < 1.29 is 8.42 Å². The van der Waals surface area contributed by atoms with E-state index < -0.39 is 10.0 Å². The zero-order chi connectivity index (χ0) is 16.7. The third-order valence-corrected chi connectivity index (χ3v) is 5.58. The number of imidazole rings is 1. The molecular weight excluding hydrogens is 326 g/mol. The summed E-state index contributed by atoms with van der Waals surface area (Å²) in [6.07, 6.45) is 8.21. The van der Waals surface area contributed by atoms with Crippen LogP contribution in [0.3, 0.4) is 0 Å². The minimum atomic E-state index is -3.24. The number of fused-ring (bicyclic) bond motifs is 1. The maximum absolute atomic E-state index is 12.0. The number of pyridine rings is 1. The second-order valence-corrected chi connectivity index (χ2v) is 7.85. The first-order valence-corrected chi connectivity index (χ1v) is 9.61. The van der Waals surface area contributed by atoms with Gasteiger partial charge in [0.1, 0.15) is 0 Å². The largest absolute Gasteiger partial charge is 0.282 e. The van der Waals surface area contributed by atoms with Crippen molar-refractivity contribution in [2.24, 2.45) is 0 Å². The lowest BCUT2D eigenvalue weighted by molar-refractivity contribution is 0.394. The average Bonchev–Trinajstić information content (AvgIpc) is 3.22. The highest BCUT2D eigenvalue weighted by atomic mass is 32.2. The highest BCUT2D eigenvalue weighted by Crippen LogP contribution is 2.33. The van der Waals surface area contributed by atoms with E-state index in [0.29, 0.717) is 12.3 Å². The zero-order valence-corrected chi connectivity index (χ0v) is 14.0. The molecule has 0 aromatic carbocycles. The lowest BCUT2D eigenvalue weighted by Gasteiger charge is -2.21. The Morgan fingerprint density at radius 2 is 2.08 bits per heavy atom. The van der Waals surface area contributed by atoms with Gasteiger partial charge in [-0.3, -0.25) is 4.40 Å². The van der Waals surface area contributed by atoms with Crippen LogP contribution in [-0.4, -0.2) is 44.9 Å². The molecule has 4 rings (SSSR count). The van der Waals surface area contributed by atoms with Gasteiger partial charge < -0.3 is 0 Å². The second-order valence-electron chi connectivity index (χ2n) is 5.91. The third-order valence-electron chi connectivity index (χ3n) is 4.29. The minimum Gasteiger partial charge on any atom is -0.282 e. The highest BCUT2D eigenvalue weighted by molar-refractivity contribution is 7.88. The maximum Gasteiger partial charge on any atom is 0.234 e. The summed E-state index contributed by atoms with van der Waals surface area (Å²) in [5.74, 6) is 0.610. The van der Waals surface area contributed by atoms with Gasteiger partial charge in [-0.2, -0.15) is 4.31 Å². The van der Waals surface area contributed by atoms with Crippen molar-refractivity contribution in [3.05, 3.63) is 48.5 Å². The average molecular weight is 343 g/mol. The molecule has 0 spiro atoms. The Morgan fingerprint density at radius 1 is 1.21 bits per heavy atom. The molecular formula is C16H17N5O2S. The standard InChI is InChI=1S/C16H17N5O2S/c1-24(22,23)21-10-3-7-14(21)12-5-2-6-13(19-12)15-11-18-16-17-8-4-9-20(15)16/h2,4-6,8-9,11,14H,3,7,10H2,1H3/t14-/m1/s1. The quantitative estimate of drug-likeness (QED) is 0.725. The first kappa shape index (κ1) is 15.2. The number of aromatic nitrogens is 4. The Labute approximate surface area is 140 Å². The van der Waals surface area contributed by atoms with Crippen molar-refractivity contribution in [2.75, 3.05) is 12.8 Å². The minimum absolute atomic E-state index is 0.197. The Bertz CT molecular complexity index is 998. The van der Waals surface area contributed by atoms with E-state index in [9.17, 15) is 8.42 Å². The summed E-state index contributed by atoms with van der Waals surface area (Å²) in [4.78, 5) is 13.2. The molecule has 1 aliphatic heterocycles. The molecule has 1 fully saturated rings. The Kier molecular flexibility index (Phi) is 3.58. The molecule has 0 N–H and O–H groups in total. The number of rotatable bonds is 3. The van der Waals surface area contributed by atoms with Gasteiger partial charge in [0.15, 0.2) is 0 Å². The van der Waals surface area contributed by atoms with Crippen molar-refractivity contribution in [1.82, 2.24) is 23.7 Å². The summed E-state index contributed by atoms with van der Waals surface area (Å²) in [6.45, 7) is 0.551. The topological polar surface area (TPSA) is 80.5 Å². The van der Waals surface area contributed by atoms with Gasteiger partial charge in [0.2, 0.25) is 15.8 Å². The molecule has 0 unspecified atom stereocenters. The van der Waals surface area contributed by atoms with Gasteiger partial charge in [0, 0.05) is 18.9 Å². The summed E-state index contributed by atoms with van der Waals surface area (Å²) in [5.41, 5.74) is 2.37. The van der Waals surface area contributed by atoms with Crippen LogP contribution in [0.2, 0.25) is 0 Å². The first-order chi connectivity index (χ1) is 11.5. The third kappa shape index (κ3) is 2.57. The van der Waals surface area contributed by atoms with E-state index in [4.69, 9.17) is 4.98 Å². The highest BCUT2D eigenvalue weighted by Gasteiger charge is 2.33. The van der Waals surface area contributed by atoms with Crippen molar-refractivity contribution in [1.29, 1.82) is 0 Å². The summed E-state index contributed by atoms with van der Waals surface area (Å²) in [5, 5.41) is 0. The molecule has 124 valence electrons. The number of hydrogen-bond donors (Lipinski definition) is 0. The van der Waals surface area contributed by atoms with E-state index in [1.807, 2.05) is 34.9 Å². The zero-order valence-electron chi connectivity index (χ0n) is 13.2. The molecule has 24 heavy (non-hydrogen) atoms. The molecule has 1 aliphatic rings. The SMILES string of the molecule is CS(=O)(=O)N1CCC[C@@H]1c1cccc(-c2cnc3ncccn23)n1. The predicted molar refractivity (Wildman–Crippen MR) is 89.7 cm³/mol. The molecule has 0 amide bonds. The van der Waals surface area contributed by atoms with Crippen molar-refractivity contribution in [2.45, 2.75) is 18.9 Å². The maximum atomic E-state index is 12.0. The second kappa shape index (κ2) is 5.64. The van der Waals surface area contributed by atoms with Gasteiger partial charge in [0.05, 0.1) is 35.6 Å². The van der Waals surface area contributed by atoms with E-state index in [-0.39, 0.29) is 6.04 Å². The van der Waals surface area contributed by atoms with Crippen LogP contribution in [0.4, 0.5) is 0 Å². The summed E-state index contributed by atoms with van der Waals surface area (Å²) in [7, 11) is -3.24. The molecule has 8 heteroatoms. The van der Waals surface area contributed by atoms with Crippen LogP contribution in [0.25, 0.3) is 17.2 Å². The van der Waals surface area contributed by atoms with Crippen LogP contribution < -0.4 is 0 Å². The van der Waals surface area contributed by atoms with Crippen LogP contribution in [0, 0.1) is 0 Å². The normalized spacial score (nSPS) is 19.1. The molecule has 0 radical (unpaired) electrons. The molecule has 7 nitrogen and oxygen atoms in total. The van der Waals surface area contributed by atoms with E-state index in [2.05, 4.69) is 9.97 Å². The van der Waals surface area contributed by atoms with E-state index in [0.717, 1.165) is 29.9 Å². The van der Waals surface area contributed by atoms with Crippen LogP contribution in [-0.2, 0) is 10.0 Å². The van der Waals surface area contributed by atoms with Crippen LogP contribution >= 0.6 is 0 Å². The van der Waals surface area contributed by atoms with Crippen molar-refractivity contribution in [3.63, 3.8) is 0 Å². The number of nitrogens with zero attached hydrogens (tertiary/aromatic N) is 5. The molecule has 3 aromatic rings. The molecule has 3 aromatic heterocycles. The smallest absolute Gasteiger partial charge is 0.234 e. The monoisotopic (exact) mass is 343 g/mol. The van der Waals surface area contributed by atoms with Gasteiger partial charge in [0.25, 0.3) is 0 Å². The van der Waals surface area contributed by atoms with Crippen LogP contribution in [0.5, 0.6) is 0 Å². The van der Waals surface area contributed by atoms with Crippen molar-refractivity contribution >= 4 is 15.8 Å². The fourth-order valence-corrected chi connectivity index (χ4v) is 4.37. The fraction of sp³-hybridized carbons (Fsp3) is 0.312. The fourth-order valence-electron chi connectivity index (χ4n) is 3.23. The van der Waals surface area contributed by atoms with Gasteiger partial charge in [-0.15, -0.1) is 0 Å². The summed E-state index contributed by atoms with van der Waals surface area (Å²) >= 11 is 0. The molecule has 1 saturated heterocycles. The van der Waals surface area contributed by atoms with Crippen LogP contribution in [0.15, 0.2) is 42.9 Å². The van der Waals surface area contributed by atoms with Crippen molar-refractivity contribution in [3.8, 4) is 11.4 Å². The number of hydrogen-bond acceptors (Lipinski definition) is 5. The van der Waals surface area contributed by atoms with Gasteiger partial charge in [-0.25, -0.2) is 23.4 Å². The molecule has 1 atom stereocenters. The molecule has 0 bridgehead atoms. The number of sulfonamides is 1. The predicted octanol–water partition coefficient (Wildman–Crippen LogP) is 1.89. The lowest BCUT2D eigenvalue weighted by Crippen LogP contribution is -2.29. The molecule has 0 aliphatic carbocycles. The Balaban J connectivity index is 1.77. The van der Waals surface area contributed by atoms with Gasteiger partial charge in [-0.05, 0) is 31.0 Å². The Morgan fingerprint density at radius 3 is 2.92 bits per heavy atom. The molecule has 0 saturated carbocycles. The summed E-state index contributed by atoms with van der Waals surface area (Å²) < 4.78 is 27.4. The van der Waals surface area contributed by atoms with Crippen LogP contribution in [0.1, 0.15) is 24.6 Å². The lowest BCUT2D eigenvalue weighted by atomic mass is 10.1. The summed E-state index contributed by atoms with van der Waals surface area (Å²) in [6, 6.07) is 7.34. The van der Waals surface area contributed by atoms with E-state index in [1.54, 1.807) is 12.4 Å².